The molecular weight excluding hydrogens is 248 g/mol. The van der Waals surface area contributed by atoms with E-state index in [2.05, 4.69) is 5.32 Å². The van der Waals surface area contributed by atoms with Gasteiger partial charge in [-0.25, -0.2) is 0 Å². The fraction of sp³-hybridized carbons (Fsp3) is 0.462. The first-order valence-corrected chi connectivity index (χ1v) is 6.07. The van der Waals surface area contributed by atoms with Crippen molar-refractivity contribution in [1.29, 1.82) is 0 Å². The van der Waals surface area contributed by atoms with E-state index < -0.39 is 6.10 Å². The van der Waals surface area contributed by atoms with Gasteiger partial charge in [-0.2, -0.15) is 0 Å². The lowest BCUT2D eigenvalue weighted by Crippen LogP contribution is -2.44. The molecule has 0 spiro atoms. The van der Waals surface area contributed by atoms with Crippen LogP contribution >= 0.6 is 0 Å². The zero-order valence-corrected chi connectivity index (χ0v) is 11.0. The average molecular weight is 266 g/mol. The summed E-state index contributed by atoms with van der Waals surface area (Å²) in [6.45, 7) is 1.04. The van der Waals surface area contributed by atoms with E-state index in [0.717, 1.165) is 0 Å². The van der Waals surface area contributed by atoms with Crippen molar-refractivity contribution in [2.75, 3.05) is 27.2 Å². The van der Waals surface area contributed by atoms with E-state index in [1.807, 2.05) is 0 Å². The molecule has 19 heavy (non-hydrogen) atoms. The number of carbonyl (C=O) groups excluding carboxylic acids is 1. The van der Waals surface area contributed by atoms with Gasteiger partial charge in [0.2, 0.25) is 0 Å². The van der Waals surface area contributed by atoms with Crippen LogP contribution in [0.25, 0.3) is 0 Å². The van der Waals surface area contributed by atoms with Crippen LogP contribution in [0.4, 0.5) is 0 Å². The van der Waals surface area contributed by atoms with E-state index in [-0.39, 0.29) is 17.7 Å². The maximum Gasteiger partial charge on any atom is 0.254 e. The first kappa shape index (κ1) is 13.6. The number of hydrogen-bond donors (Lipinski definition) is 3. The van der Waals surface area contributed by atoms with Crippen LogP contribution in [0.15, 0.2) is 18.2 Å². The number of methoxy groups -OCH3 is 1. The maximum atomic E-state index is 12.3. The van der Waals surface area contributed by atoms with Crippen LogP contribution < -0.4 is 10.1 Å². The summed E-state index contributed by atoms with van der Waals surface area (Å²) in [5.74, 6) is -0.000630. The first-order valence-electron chi connectivity index (χ1n) is 6.07. The largest absolute Gasteiger partial charge is 0.504 e. The Morgan fingerprint density at radius 2 is 2.21 bits per heavy atom. The van der Waals surface area contributed by atoms with Gasteiger partial charge in [0.05, 0.1) is 19.3 Å². The highest BCUT2D eigenvalue weighted by Gasteiger charge is 2.31. The highest BCUT2D eigenvalue weighted by Crippen LogP contribution is 2.27. The Balaban J connectivity index is 2.17. The van der Waals surface area contributed by atoms with Crippen LogP contribution in [0.3, 0.4) is 0 Å². The number of phenolic OH excluding ortho intramolecular Hbond substituents is 1. The van der Waals surface area contributed by atoms with Gasteiger partial charge in [-0.3, -0.25) is 4.79 Å². The molecule has 6 nitrogen and oxygen atoms in total. The first-order chi connectivity index (χ1) is 9.04. The van der Waals surface area contributed by atoms with Gasteiger partial charge in [-0.1, -0.05) is 0 Å². The fourth-order valence-electron chi connectivity index (χ4n) is 2.22. The molecule has 1 aromatic carbocycles. The molecule has 0 radical (unpaired) electrons. The minimum absolute atomic E-state index is 0.0770. The van der Waals surface area contributed by atoms with Gasteiger partial charge in [0.15, 0.2) is 11.5 Å². The summed E-state index contributed by atoms with van der Waals surface area (Å²) >= 11 is 0. The Labute approximate surface area is 111 Å². The summed E-state index contributed by atoms with van der Waals surface area (Å²) in [5.41, 5.74) is 0.361. The number of β-amino-alcohol motifs (C(OH)–C–C–N with tert-alkyl or cyclic N) is 1. The zero-order chi connectivity index (χ0) is 14.0. The number of aromatic hydroxyl groups is 1. The van der Waals surface area contributed by atoms with E-state index in [1.165, 1.54) is 18.1 Å². The second kappa shape index (κ2) is 5.46. The second-order valence-electron chi connectivity index (χ2n) is 4.60. The molecular formula is C13H18N2O4. The number of aliphatic hydroxyl groups excluding tert-OH is 1. The number of amides is 1. The van der Waals surface area contributed by atoms with Crippen LogP contribution in [-0.4, -0.2) is 60.4 Å². The van der Waals surface area contributed by atoms with E-state index in [4.69, 9.17) is 4.74 Å². The highest BCUT2D eigenvalue weighted by molar-refractivity contribution is 5.95. The summed E-state index contributed by atoms with van der Waals surface area (Å²) < 4.78 is 4.93. The number of carbonyl (C=O) groups is 1. The van der Waals surface area contributed by atoms with Gasteiger partial charge in [0.25, 0.3) is 5.91 Å². The molecule has 1 amide bonds. The summed E-state index contributed by atoms with van der Waals surface area (Å²) in [6.07, 6.45) is -0.569. The van der Waals surface area contributed by atoms with Crippen molar-refractivity contribution in [2.45, 2.75) is 12.1 Å². The third-order valence-electron chi connectivity index (χ3n) is 3.39. The number of ether oxygens (including phenoxy) is 1. The standard InChI is InChI=1S/C13H18N2O4/c1-15(9-6-14-7-11(9)17)13(18)8-3-4-12(19-2)10(16)5-8/h3-5,9,11,14,16-17H,6-7H2,1-2H3/t9-,11-/m0/s1. The smallest absolute Gasteiger partial charge is 0.254 e. The Morgan fingerprint density at radius 1 is 1.47 bits per heavy atom. The molecule has 2 rings (SSSR count). The third-order valence-corrected chi connectivity index (χ3v) is 3.39. The number of nitrogens with zero attached hydrogens (tertiary/aromatic N) is 1. The van der Waals surface area contributed by atoms with E-state index >= 15 is 0 Å². The number of rotatable bonds is 3. The van der Waals surface area contributed by atoms with Gasteiger partial charge in [-0.05, 0) is 18.2 Å². The molecule has 1 fully saturated rings. The number of hydrogen-bond acceptors (Lipinski definition) is 5. The number of phenols is 1. The monoisotopic (exact) mass is 266 g/mol. The molecule has 104 valence electrons. The zero-order valence-electron chi connectivity index (χ0n) is 11.0. The average Bonchev–Trinajstić information content (AvgIpc) is 2.83. The number of likely N-dealkylation sites (N-methyl/N-ethyl adjacent to an activating group) is 1. The Hall–Kier alpha value is -1.79. The van der Waals surface area contributed by atoms with E-state index in [9.17, 15) is 15.0 Å². The lowest BCUT2D eigenvalue weighted by Gasteiger charge is -2.26. The number of nitrogens with one attached hydrogen (secondary N) is 1. The molecule has 6 heteroatoms. The highest BCUT2D eigenvalue weighted by atomic mass is 16.5. The molecule has 3 N–H and O–H groups in total. The molecule has 0 bridgehead atoms. The van der Waals surface area contributed by atoms with Crippen molar-refractivity contribution in [2.24, 2.45) is 0 Å². The minimum atomic E-state index is -0.569. The third kappa shape index (κ3) is 2.64. The van der Waals surface area contributed by atoms with Crippen molar-refractivity contribution in [3.05, 3.63) is 23.8 Å². The van der Waals surface area contributed by atoms with Gasteiger partial charge in [0.1, 0.15) is 0 Å². The predicted molar refractivity (Wildman–Crippen MR) is 69.4 cm³/mol. The summed E-state index contributed by atoms with van der Waals surface area (Å²) in [4.78, 5) is 13.8. The summed E-state index contributed by atoms with van der Waals surface area (Å²) in [5, 5.41) is 22.5. The predicted octanol–water partition coefficient (Wildman–Crippen LogP) is -0.195. The van der Waals surface area contributed by atoms with Crippen molar-refractivity contribution >= 4 is 5.91 Å². The number of benzene rings is 1. The van der Waals surface area contributed by atoms with Crippen molar-refractivity contribution in [1.82, 2.24) is 10.2 Å². The molecule has 1 heterocycles. The Bertz CT molecular complexity index is 478. The summed E-state index contributed by atoms with van der Waals surface area (Å²) in [6, 6.07) is 4.25. The molecule has 0 saturated carbocycles. The molecule has 0 aromatic heterocycles. The minimum Gasteiger partial charge on any atom is -0.504 e. The van der Waals surface area contributed by atoms with Crippen LogP contribution in [0.2, 0.25) is 0 Å². The van der Waals surface area contributed by atoms with Crippen molar-refractivity contribution < 1.29 is 19.7 Å². The lowest BCUT2D eigenvalue weighted by atomic mass is 10.1. The normalized spacial score (nSPS) is 22.3. The molecule has 1 aliphatic rings. The van der Waals surface area contributed by atoms with Crippen LogP contribution in [0, 0.1) is 0 Å². The van der Waals surface area contributed by atoms with Crippen LogP contribution in [0.5, 0.6) is 11.5 Å². The van der Waals surface area contributed by atoms with Crippen LogP contribution in [0.1, 0.15) is 10.4 Å². The molecule has 1 aliphatic heterocycles. The topological polar surface area (TPSA) is 82.0 Å². The second-order valence-corrected chi connectivity index (χ2v) is 4.60. The maximum absolute atomic E-state index is 12.3. The lowest BCUT2D eigenvalue weighted by molar-refractivity contribution is 0.0581. The SMILES string of the molecule is COc1ccc(C(=O)N(C)[C@H]2CNC[C@@H]2O)cc1O. The quantitative estimate of drug-likeness (QED) is 0.706. The van der Waals surface area contributed by atoms with Crippen molar-refractivity contribution in [3.8, 4) is 11.5 Å². The molecule has 2 atom stereocenters. The number of aliphatic hydroxyl groups is 1. The van der Waals surface area contributed by atoms with E-state index in [1.54, 1.807) is 19.2 Å². The van der Waals surface area contributed by atoms with Gasteiger partial charge < -0.3 is 25.2 Å². The summed E-state index contributed by atoms with van der Waals surface area (Å²) in [7, 11) is 3.09. The van der Waals surface area contributed by atoms with E-state index in [0.29, 0.717) is 24.4 Å². The fourth-order valence-corrected chi connectivity index (χ4v) is 2.22. The molecule has 1 saturated heterocycles. The molecule has 1 aromatic rings. The van der Waals surface area contributed by atoms with Crippen molar-refractivity contribution in [3.63, 3.8) is 0 Å². The van der Waals surface area contributed by atoms with Gasteiger partial charge in [-0.15, -0.1) is 0 Å². The Morgan fingerprint density at radius 3 is 2.74 bits per heavy atom. The van der Waals surface area contributed by atoms with Gasteiger partial charge in [0, 0.05) is 25.7 Å². The van der Waals surface area contributed by atoms with Gasteiger partial charge >= 0.3 is 0 Å². The van der Waals surface area contributed by atoms with Crippen LogP contribution in [-0.2, 0) is 0 Å². The Kier molecular flexibility index (Phi) is 3.92. The molecule has 0 aliphatic carbocycles. The molecule has 0 unspecified atom stereocenters.